The van der Waals surface area contributed by atoms with Gasteiger partial charge in [0.25, 0.3) is 5.91 Å². The molecule has 1 heterocycles. The first-order valence-electron chi connectivity index (χ1n) is 6.12. The molecular weight excluding hydrogens is 264 g/mol. The summed E-state index contributed by atoms with van der Waals surface area (Å²) in [6.07, 6.45) is 0.518. The lowest BCUT2D eigenvalue weighted by atomic mass is 9.84. The van der Waals surface area contributed by atoms with E-state index in [-0.39, 0.29) is 17.9 Å². The fourth-order valence-electron chi connectivity index (χ4n) is 1.80. The third-order valence-electron chi connectivity index (χ3n) is 2.67. The van der Waals surface area contributed by atoms with Crippen molar-refractivity contribution in [1.29, 1.82) is 0 Å². The lowest BCUT2D eigenvalue weighted by Crippen LogP contribution is -2.34. The lowest BCUT2D eigenvalue weighted by Gasteiger charge is -2.23. The Hall–Kier alpha value is -1.43. The number of aryl methyl sites for hydroxylation is 1. The zero-order valence-electron chi connectivity index (χ0n) is 11.7. The zero-order chi connectivity index (χ0) is 14.6. The normalized spacial score (nSPS) is 13.1. The van der Waals surface area contributed by atoms with Gasteiger partial charge in [0.05, 0.1) is 17.1 Å². The molecule has 0 saturated heterocycles. The van der Waals surface area contributed by atoms with Crippen molar-refractivity contribution in [1.82, 2.24) is 10.3 Å². The highest BCUT2D eigenvalue weighted by molar-refractivity contribution is 7.11. The van der Waals surface area contributed by atoms with E-state index >= 15 is 0 Å². The first-order chi connectivity index (χ1) is 8.70. The number of thiazole rings is 1. The van der Waals surface area contributed by atoms with E-state index in [9.17, 15) is 14.7 Å². The highest BCUT2D eigenvalue weighted by Gasteiger charge is 2.25. The van der Waals surface area contributed by atoms with Crippen molar-refractivity contribution in [2.45, 2.75) is 34.1 Å². The van der Waals surface area contributed by atoms with Crippen molar-refractivity contribution >= 4 is 23.2 Å². The number of carbonyl (C=O) groups is 2. The van der Waals surface area contributed by atoms with Gasteiger partial charge >= 0.3 is 5.97 Å². The summed E-state index contributed by atoms with van der Waals surface area (Å²) in [7, 11) is 0. The largest absolute Gasteiger partial charge is 0.481 e. The molecule has 1 aromatic heterocycles. The van der Waals surface area contributed by atoms with Crippen LogP contribution in [0.5, 0.6) is 0 Å². The summed E-state index contributed by atoms with van der Waals surface area (Å²) >= 11 is 1.26. The first-order valence-corrected chi connectivity index (χ1v) is 7.00. The molecule has 0 fully saturated rings. The van der Waals surface area contributed by atoms with Gasteiger partial charge < -0.3 is 10.4 Å². The van der Waals surface area contributed by atoms with Crippen LogP contribution >= 0.6 is 11.3 Å². The summed E-state index contributed by atoms with van der Waals surface area (Å²) in [5.41, 5.74) is 2.19. The van der Waals surface area contributed by atoms with Crippen molar-refractivity contribution in [3.8, 4) is 0 Å². The average molecular weight is 284 g/mol. The molecule has 1 atom stereocenters. The van der Waals surface area contributed by atoms with E-state index in [4.69, 9.17) is 0 Å². The van der Waals surface area contributed by atoms with Crippen LogP contribution in [0, 0.1) is 18.3 Å². The number of aliphatic carboxylic acids is 1. The third-order valence-corrected chi connectivity index (χ3v) is 3.60. The lowest BCUT2D eigenvalue weighted by molar-refractivity contribution is -0.142. The number of hydrogen-bond donors (Lipinski definition) is 2. The van der Waals surface area contributed by atoms with Gasteiger partial charge in [-0.05, 0) is 18.8 Å². The smallest absolute Gasteiger partial charge is 0.308 e. The highest BCUT2D eigenvalue weighted by atomic mass is 32.1. The number of nitrogens with one attached hydrogen (secondary N) is 1. The molecule has 1 unspecified atom stereocenters. The summed E-state index contributed by atoms with van der Waals surface area (Å²) in [5.74, 6) is -1.70. The van der Waals surface area contributed by atoms with Crippen LogP contribution < -0.4 is 5.32 Å². The zero-order valence-corrected chi connectivity index (χ0v) is 12.5. The SMILES string of the molecule is Cc1ncsc1C(=O)NCC(CC(C)(C)C)C(=O)O. The second-order valence-corrected chi connectivity index (χ2v) is 6.63. The standard InChI is InChI=1S/C13H20N2O3S/c1-8-10(19-7-15-8)11(16)14-6-9(12(17)18)5-13(2,3)4/h7,9H,5-6H2,1-4H3,(H,14,16)(H,17,18). The van der Waals surface area contributed by atoms with Gasteiger partial charge in [0.1, 0.15) is 4.88 Å². The minimum atomic E-state index is -0.878. The van der Waals surface area contributed by atoms with E-state index in [2.05, 4.69) is 10.3 Å². The Morgan fingerprint density at radius 1 is 1.47 bits per heavy atom. The molecule has 19 heavy (non-hydrogen) atoms. The molecule has 0 radical (unpaired) electrons. The average Bonchev–Trinajstić information content (AvgIpc) is 2.68. The number of carbonyl (C=O) groups excluding carboxylic acids is 1. The number of amides is 1. The minimum Gasteiger partial charge on any atom is -0.481 e. The Kier molecular flexibility index (Phi) is 5.05. The van der Waals surface area contributed by atoms with E-state index in [1.807, 2.05) is 20.8 Å². The van der Waals surface area contributed by atoms with Crippen molar-refractivity contribution in [2.24, 2.45) is 11.3 Å². The first kappa shape index (κ1) is 15.6. The molecular formula is C13H20N2O3S. The molecule has 1 rings (SSSR count). The van der Waals surface area contributed by atoms with E-state index in [0.29, 0.717) is 17.0 Å². The molecule has 6 heteroatoms. The number of aromatic nitrogens is 1. The predicted octanol–water partition coefficient (Wildman–Crippen LogP) is 2.32. The van der Waals surface area contributed by atoms with Crippen LogP contribution in [-0.2, 0) is 4.79 Å². The van der Waals surface area contributed by atoms with Crippen LogP contribution in [0.15, 0.2) is 5.51 Å². The van der Waals surface area contributed by atoms with Gasteiger partial charge in [-0.2, -0.15) is 0 Å². The van der Waals surface area contributed by atoms with Crippen molar-refractivity contribution < 1.29 is 14.7 Å². The molecule has 1 aromatic rings. The highest BCUT2D eigenvalue weighted by Crippen LogP contribution is 2.24. The maximum Gasteiger partial charge on any atom is 0.308 e. The Bertz CT molecular complexity index is 463. The number of carboxylic acid groups (broad SMARTS) is 1. The Labute approximate surface area is 117 Å². The number of rotatable bonds is 5. The van der Waals surface area contributed by atoms with Crippen LogP contribution in [0.4, 0.5) is 0 Å². The topological polar surface area (TPSA) is 79.3 Å². The molecule has 2 N–H and O–H groups in total. The van der Waals surface area contributed by atoms with Gasteiger partial charge in [-0.1, -0.05) is 20.8 Å². The molecule has 0 aliphatic heterocycles. The third kappa shape index (κ3) is 4.98. The number of hydrogen-bond acceptors (Lipinski definition) is 4. The van der Waals surface area contributed by atoms with Crippen LogP contribution in [0.1, 0.15) is 42.6 Å². The van der Waals surface area contributed by atoms with Gasteiger partial charge in [-0.25, -0.2) is 4.98 Å². The number of nitrogens with zero attached hydrogens (tertiary/aromatic N) is 1. The molecule has 0 saturated carbocycles. The van der Waals surface area contributed by atoms with E-state index in [0.717, 1.165) is 0 Å². The molecule has 5 nitrogen and oxygen atoms in total. The quantitative estimate of drug-likeness (QED) is 0.869. The Balaban J connectivity index is 2.60. The summed E-state index contributed by atoms with van der Waals surface area (Å²) in [4.78, 5) is 27.6. The number of carboxylic acids is 1. The molecule has 0 aromatic carbocycles. The monoisotopic (exact) mass is 284 g/mol. The van der Waals surface area contributed by atoms with Crippen LogP contribution in [-0.4, -0.2) is 28.5 Å². The summed E-state index contributed by atoms with van der Waals surface area (Å²) < 4.78 is 0. The maximum absolute atomic E-state index is 11.9. The second kappa shape index (κ2) is 6.14. The fraction of sp³-hybridized carbons (Fsp3) is 0.615. The summed E-state index contributed by atoms with van der Waals surface area (Å²) in [6.45, 7) is 7.85. The maximum atomic E-state index is 11.9. The van der Waals surface area contributed by atoms with Gasteiger partial charge in [0.2, 0.25) is 0 Å². The van der Waals surface area contributed by atoms with Crippen LogP contribution in [0.2, 0.25) is 0 Å². The van der Waals surface area contributed by atoms with Gasteiger partial charge in [-0.15, -0.1) is 11.3 Å². The Morgan fingerprint density at radius 3 is 2.53 bits per heavy atom. The molecule has 0 bridgehead atoms. The second-order valence-electron chi connectivity index (χ2n) is 5.78. The summed E-state index contributed by atoms with van der Waals surface area (Å²) in [6, 6.07) is 0. The minimum absolute atomic E-state index is 0.0891. The van der Waals surface area contributed by atoms with Crippen LogP contribution in [0.3, 0.4) is 0 Å². The molecule has 0 spiro atoms. The van der Waals surface area contributed by atoms with E-state index in [1.165, 1.54) is 11.3 Å². The molecule has 106 valence electrons. The summed E-state index contributed by atoms with van der Waals surface area (Å²) in [5, 5.41) is 11.9. The van der Waals surface area contributed by atoms with Crippen molar-refractivity contribution in [3.05, 3.63) is 16.1 Å². The Morgan fingerprint density at radius 2 is 2.11 bits per heavy atom. The van der Waals surface area contributed by atoms with Crippen molar-refractivity contribution in [2.75, 3.05) is 6.54 Å². The molecule has 1 amide bonds. The predicted molar refractivity (Wildman–Crippen MR) is 74.4 cm³/mol. The fourth-order valence-corrected chi connectivity index (χ4v) is 2.52. The van der Waals surface area contributed by atoms with Crippen molar-refractivity contribution in [3.63, 3.8) is 0 Å². The van der Waals surface area contributed by atoms with Gasteiger partial charge in [0.15, 0.2) is 0 Å². The van der Waals surface area contributed by atoms with Gasteiger partial charge in [-0.3, -0.25) is 9.59 Å². The van der Waals surface area contributed by atoms with Crippen LogP contribution in [0.25, 0.3) is 0 Å². The molecule has 0 aliphatic carbocycles. The van der Waals surface area contributed by atoms with Gasteiger partial charge in [0, 0.05) is 6.54 Å². The van der Waals surface area contributed by atoms with E-state index < -0.39 is 11.9 Å². The molecule has 0 aliphatic rings. The van der Waals surface area contributed by atoms with E-state index in [1.54, 1.807) is 12.4 Å².